The van der Waals surface area contributed by atoms with Crippen molar-refractivity contribution in [2.45, 2.75) is 54.1 Å². The van der Waals surface area contributed by atoms with Gasteiger partial charge in [0.2, 0.25) is 0 Å². The topological polar surface area (TPSA) is 67.2 Å². The summed E-state index contributed by atoms with van der Waals surface area (Å²) in [6.45, 7) is 11.7. The zero-order valence-electron chi connectivity index (χ0n) is 12.6. The zero-order chi connectivity index (χ0) is 14.6. The third-order valence-corrected chi connectivity index (χ3v) is 3.38. The van der Waals surface area contributed by atoms with Crippen LogP contribution in [0.4, 0.5) is 0 Å². The predicted molar refractivity (Wildman–Crippen MR) is 75.1 cm³/mol. The Balaban J connectivity index is 2.87. The van der Waals surface area contributed by atoms with E-state index >= 15 is 0 Å². The summed E-state index contributed by atoms with van der Waals surface area (Å²) in [5.41, 5.74) is 2.39. The van der Waals surface area contributed by atoms with E-state index < -0.39 is 11.4 Å². The van der Waals surface area contributed by atoms with Gasteiger partial charge in [-0.15, -0.1) is 0 Å². The predicted octanol–water partition coefficient (Wildman–Crippen LogP) is 2.11. The summed E-state index contributed by atoms with van der Waals surface area (Å²) in [6, 6.07) is 0. The number of aromatic nitrogens is 2. The molecule has 0 aromatic carbocycles. The highest BCUT2D eigenvalue weighted by molar-refractivity contribution is 5.73. The number of nitrogens with one attached hydrogen (secondary N) is 1. The van der Waals surface area contributed by atoms with Gasteiger partial charge in [-0.3, -0.25) is 9.48 Å². The molecule has 0 aliphatic heterocycles. The summed E-state index contributed by atoms with van der Waals surface area (Å²) >= 11 is 0. The van der Waals surface area contributed by atoms with Crippen molar-refractivity contribution < 1.29 is 9.90 Å². The molecule has 1 aromatic rings. The first-order valence-corrected chi connectivity index (χ1v) is 6.76. The van der Waals surface area contributed by atoms with Crippen LogP contribution in [0.5, 0.6) is 0 Å². The van der Waals surface area contributed by atoms with E-state index in [2.05, 4.69) is 17.3 Å². The molecule has 0 bridgehead atoms. The maximum atomic E-state index is 11.2. The van der Waals surface area contributed by atoms with Gasteiger partial charge in [-0.1, -0.05) is 6.92 Å². The van der Waals surface area contributed by atoms with Crippen LogP contribution in [0.3, 0.4) is 0 Å². The maximum Gasteiger partial charge on any atom is 0.310 e. The molecule has 0 fully saturated rings. The molecule has 0 atom stereocenters. The number of aryl methyl sites for hydroxylation is 1. The molecular formula is C14H25N3O2. The van der Waals surface area contributed by atoms with E-state index in [9.17, 15) is 9.90 Å². The van der Waals surface area contributed by atoms with E-state index in [0.29, 0.717) is 6.54 Å². The molecule has 5 heteroatoms. The molecule has 0 saturated heterocycles. The minimum Gasteiger partial charge on any atom is -0.481 e. The van der Waals surface area contributed by atoms with E-state index in [0.717, 1.165) is 30.9 Å². The summed E-state index contributed by atoms with van der Waals surface area (Å²) in [4.78, 5) is 11.2. The lowest BCUT2D eigenvalue weighted by Gasteiger charge is -2.19. The van der Waals surface area contributed by atoms with Crippen LogP contribution in [0.25, 0.3) is 0 Å². The first-order chi connectivity index (χ1) is 8.79. The molecule has 0 aliphatic carbocycles. The standard InChI is InChI=1S/C14H25N3O2/c1-6-7-15-8-12-10(2)16-17(11(12)3)9-14(4,5)13(18)19/h15H,6-9H2,1-5H3,(H,18,19). The van der Waals surface area contributed by atoms with E-state index in [1.165, 1.54) is 5.56 Å². The molecule has 5 nitrogen and oxygen atoms in total. The van der Waals surface area contributed by atoms with E-state index in [1.54, 1.807) is 13.8 Å². The van der Waals surface area contributed by atoms with Gasteiger partial charge < -0.3 is 10.4 Å². The van der Waals surface area contributed by atoms with Crippen molar-refractivity contribution in [3.63, 3.8) is 0 Å². The van der Waals surface area contributed by atoms with Crippen molar-refractivity contribution >= 4 is 5.97 Å². The fourth-order valence-corrected chi connectivity index (χ4v) is 1.98. The SMILES string of the molecule is CCCNCc1c(C)nn(CC(C)(C)C(=O)O)c1C. The van der Waals surface area contributed by atoms with Crippen molar-refractivity contribution in [3.8, 4) is 0 Å². The first-order valence-electron chi connectivity index (χ1n) is 6.76. The summed E-state index contributed by atoms with van der Waals surface area (Å²) in [5.74, 6) is -0.800. The minimum atomic E-state index is -0.808. The Morgan fingerprint density at radius 3 is 2.58 bits per heavy atom. The number of carbonyl (C=O) groups is 1. The van der Waals surface area contributed by atoms with E-state index in [-0.39, 0.29) is 0 Å². The van der Waals surface area contributed by atoms with Crippen molar-refractivity contribution in [1.29, 1.82) is 0 Å². The van der Waals surface area contributed by atoms with Gasteiger partial charge in [0.15, 0.2) is 0 Å². The fraction of sp³-hybridized carbons (Fsp3) is 0.714. The van der Waals surface area contributed by atoms with E-state index in [4.69, 9.17) is 0 Å². The quantitative estimate of drug-likeness (QED) is 0.743. The fourth-order valence-electron chi connectivity index (χ4n) is 1.98. The Hall–Kier alpha value is -1.36. The van der Waals surface area contributed by atoms with Gasteiger partial charge in [0.1, 0.15) is 0 Å². The number of aliphatic carboxylic acids is 1. The van der Waals surface area contributed by atoms with Gasteiger partial charge in [-0.2, -0.15) is 5.10 Å². The molecule has 0 aliphatic rings. The number of hydrogen-bond acceptors (Lipinski definition) is 3. The molecule has 0 saturated carbocycles. The molecule has 0 unspecified atom stereocenters. The zero-order valence-corrected chi connectivity index (χ0v) is 12.6. The van der Waals surface area contributed by atoms with Crippen molar-refractivity contribution in [3.05, 3.63) is 17.0 Å². The van der Waals surface area contributed by atoms with Crippen LogP contribution in [0.2, 0.25) is 0 Å². The van der Waals surface area contributed by atoms with Gasteiger partial charge in [0, 0.05) is 17.8 Å². The van der Waals surface area contributed by atoms with Crippen LogP contribution >= 0.6 is 0 Å². The van der Waals surface area contributed by atoms with Crippen LogP contribution in [0.1, 0.15) is 44.1 Å². The van der Waals surface area contributed by atoms with Crippen LogP contribution in [-0.2, 0) is 17.9 Å². The average Bonchev–Trinajstić information content (AvgIpc) is 2.56. The summed E-state index contributed by atoms with van der Waals surface area (Å²) < 4.78 is 1.81. The second-order valence-corrected chi connectivity index (χ2v) is 5.67. The molecular weight excluding hydrogens is 242 g/mol. The summed E-state index contributed by atoms with van der Waals surface area (Å²) in [5, 5.41) is 17.0. The van der Waals surface area contributed by atoms with Crippen molar-refractivity contribution in [2.24, 2.45) is 5.41 Å². The van der Waals surface area contributed by atoms with E-state index in [1.807, 2.05) is 18.5 Å². The minimum absolute atomic E-state index is 0.392. The Bertz CT molecular complexity index is 450. The molecule has 2 N–H and O–H groups in total. The van der Waals surface area contributed by atoms with Gasteiger partial charge in [0.05, 0.1) is 17.7 Å². The normalized spacial score (nSPS) is 11.8. The number of carboxylic acid groups (broad SMARTS) is 1. The second-order valence-electron chi connectivity index (χ2n) is 5.67. The maximum absolute atomic E-state index is 11.2. The highest BCUT2D eigenvalue weighted by atomic mass is 16.4. The summed E-state index contributed by atoms with van der Waals surface area (Å²) in [6.07, 6.45) is 1.10. The third-order valence-electron chi connectivity index (χ3n) is 3.38. The molecule has 108 valence electrons. The van der Waals surface area contributed by atoms with Gasteiger partial charge in [-0.25, -0.2) is 0 Å². The van der Waals surface area contributed by atoms with Crippen LogP contribution in [0, 0.1) is 19.3 Å². The highest BCUT2D eigenvalue weighted by Gasteiger charge is 2.29. The van der Waals surface area contributed by atoms with Gasteiger partial charge in [-0.05, 0) is 40.7 Å². The van der Waals surface area contributed by atoms with Crippen molar-refractivity contribution in [2.75, 3.05) is 6.54 Å². The highest BCUT2D eigenvalue weighted by Crippen LogP contribution is 2.21. The largest absolute Gasteiger partial charge is 0.481 e. The number of carboxylic acids is 1. The summed E-state index contributed by atoms with van der Waals surface area (Å²) in [7, 11) is 0. The molecule has 0 amide bonds. The smallest absolute Gasteiger partial charge is 0.310 e. The number of nitrogens with zero attached hydrogens (tertiary/aromatic N) is 2. The average molecular weight is 267 g/mol. The lowest BCUT2D eigenvalue weighted by Crippen LogP contribution is -2.30. The first kappa shape index (κ1) is 15.7. The molecule has 1 rings (SSSR count). The third kappa shape index (κ3) is 3.80. The lowest BCUT2D eigenvalue weighted by atomic mass is 9.94. The lowest BCUT2D eigenvalue weighted by molar-refractivity contribution is -0.147. The Morgan fingerprint density at radius 1 is 1.42 bits per heavy atom. The molecule has 1 heterocycles. The monoisotopic (exact) mass is 267 g/mol. The van der Waals surface area contributed by atoms with Crippen LogP contribution in [-0.4, -0.2) is 27.4 Å². The Kier molecular flexibility index (Phi) is 5.11. The molecule has 19 heavy (non-hydrogen) atoms. The molecule has 1 aromatic heterocycles. The number of rotatable bonds is 7. The Labute approximate surface area is 115 Å². The van der Waals surface area contributed by atoms with Gasteiger partial charge >= 0.3 is 5.97 Å². The molecule has 0 spiro atoms. The number of hydrogen-bond donors (Lipinski definition) is 2. The van der Waals surface area contributed by atoms with Crippen LogP contribution < -0.4 is 5.32 Å². The second kappa shape index (κ2) is 6.19. The van der Waals surface area contributed by atoms with Crippen LogP contribution in [0.15, 0.2) is 0 Å². The molecule has 0 radical (unpaired) electrons. The Morgan fingerprint density at radius 2 is 2.05 bits per heavy atom. The van der Waals surface area contributed by atoms with Crippen molar-refractivity contribution in [1.82, 2.24) is 15.1 Å². The van der Waals surface area contributed by atoms with Gasteiger partial charge in [0.25, 0.3) is 0 Å².